The largest absolute Gasteiger partial charge is 0.396 e. The van der Waals surface area contributed by atoms with Gasteiger partial charge in [-0.15, -0.1) is 0 Å². The molecule has 1 aliphatic heterocycles. The standard InChI is InChI=1S/C10H21NO4S/c1-9-7-11(8-10(2)15-9)16(13,14)6-4-3-5-12/h9-10,12H,3-8H2,1-2H3/t9-,10+. The third-order valence-corrected chi connectivity index (χ3v) is 4.48. The van der Waals surface area contributed by atoms with Gasteiger partial charge in [0.25, 0.3) is 0 Å². The number of sulfonamides is 1. The number of rotatable bonds is 5. The van der Waals surface area contributed by atoms with Crippen LogP contribution in [0.15, 0.2) is 0 Å². The zero-order valence-electron chi connectivity index (χ0n) is 9.92. The number of ether oxygens (including phenoxy) is 1. The van der Waals surface area contributed by atoms with Gasteiger partial charge in [-0.05, 0) is 26.7 Å². The fraction of sp³-hybridized carbons (Fsp3) is 1.00. The van der Waals surface area contributed by atoms with E-state index < -0.39 is 10.0 Å². The van der Waals surface area contributed by atoms with E-state index in [0.29, 0.717) is 25.9 Å². The molecular formula is C10H21NO4S. The summed E-state index contributed by atoms with van der Waals surface area (Å²) >= 11 is 0. The lowest BCUT2D eigenvalue weighted by Gasteiger charge is -2.34. The fourth-order valence-electron chi connectivity index (χ4n) is 1.88. The molecule has 1 aliphatic rings. The monoisotopic (exact) mass is 251 g/mol. The molecule has 0 saturated carbocycles. The van der Waals surface area contributed by atoms with E-state index in [1.807, 2.05) is 13.8 Å². The first kappa shape index (κ1) is 13.9. The van der Waals surface area contributed by atoms with Gasteiger partial charge >= 0.3 is 0 Å². The molecular weight excluding hydrogens is 230 g/mol. The van der Waals surface area contributed by atoms with Crippen molar-refractivity contribution >= 4 is 10.0 Å². The first-order valence-corrected chi connectivity index (χ1v) is 7.31. The van der Waals surface area contributed by atoms with Crippen molar-refractivity contribution in [2.75, 3.05) is 25.4 Å². The Morgan fingerprint density at radius 1 is 1.25 bits per heavy atom. The van der Waals surface area contributed by atoms with Crippen molar-refractivity contribution in [2.24, 2.45) is 0 Å². The summed E-state index contributed by atoms with van der Waals surface area (Å²) in [5, 5.41) is 8.63. The van der Waals surface area contributed by atoms with Crippen molar-refractivity contribution in [2.45, 2.75) is 38.9 Å². The molecule has 1 heterocycles. The molecule has 0 amide bonds. The van der Waals surface area contributed by atoms with Crippen molar-refractivity contribution in [1.29, 1.82) is 0 Å². The summed E-state index contributed by atoms with van der Waals surface area (Å²) in [5.74, 6) is 0.118. The molecule has 0 aromatic heterocycles. The van der Waals surface area contributed by atoms with Crippen LogP contribution in [-0.4, -0.2) is 55.5 Å². The van der Waals surface area contributed by atoms with Gasteiger partial charge < -0.3 is 9.84 Å². The van der Waals surface area contributed by atoms with E-state index in [4.69, 9.17) is 9.84 Å². The summed E-state index contributed by atoms with van der Waals surface area (Å²) in [5.41, 5.74) is 0. The average molecular weight is 251 g/mol. The number of unbranched alkanes of at least 4 members (excludes halogenated alkanes) is 1. The number of nitrogens with zero attached hydrogens (tertiary/aromatic N) is 1. The van der Waals surface area contributed by atoms with E-state index >= 15 is 0 Å². The lowest BCUT2D eigenvalue weighted by molar-refractivity contribution is -0.0440. The quantitative estimate of drug-likeness (QED) is 0.709. The molecule has 0 aromatic rings. The predicted octanol–water partition coefficient (Wildman–Crippen LogP) is 0.198. The van der Waals surface area contributed by atoms with Crippen LogP contribution < -0.4 is 0 Å². The average Bonchev–Trinajstić information content (AvgIpc) is 2.16. The summed E-state index contributed by atoms with van der Waals surface area (Å²) in [7, 11) is -3.18. The van der Waals surface area contributed by atoms with E-state index in [1.165, 1.54) is 4.31 Å². The fourth-order valence-corrected chi connectivity index (χ4v) is 3.58. The summed E-state index contributed by atoms with van der Waals surface area (Å²) in [4.78, 5) is 0. The smallest absolute Gasteiger partial charge is 0.214 e. The molecule has 0 spiro atoms. The molecule has 0 aliphatic carbocycles. The zero-order valence-corrected chi connectivity index (χ0v) is 10.7. The Bertz CT molecular complexity index is 294. The first-order chi connectivity index (χ1) is 7.45. The van der Waals surface area contributed by atoms with Crippen molar-refractivity contribution < 1.29 is 18.3 Å². The Morgan fingerprint density at radius 2 is 1.81 bits per heavy atom. The van der Waals surface area contributed by atoms with Crippen LogP contribution in [0.1, 0.15) is 26.7 Å². The first-order valence-electron chi connectivity index (χ1n) is 5.70. The minimum absolute atomic E-state index is 0.0450. The Labute approximate surface area is 97.4 Å². The molecule has 1 N–H and O–H groups in total. The van der Waals surface area contributed by atoms with Crippen LogP contribution in [-0.2, 0) is 14.8 Å². The number of aliphatic hydroxyl groups is 1. The van der Waals surface area contributed by atoms with Crippen LogP contribution in [0.5, 0.6) is 0 Å². The van der Waals surface area contributed by atoms with Crippen molar-refractivity contribution in [3.05, 3.63) is 0 Å². The van der Waals surface area contributed by atoms with Gasteiger partial charge in [0.2, 0.25) is 10.0 Å². The van der Waals surface area contributed by atoms with Crippen LogP contribution in [0.4, 0.5) is 0 Å². The van der Waals surface area contributed by atoms with Gasteiger partial charge in [0.15, 0.2) is 0 Å². The highest BCUT2D eigenvalue weighted by Gasteiger charge is 2.30. The lowest BCUT2D eigenvalue weighted by Crippen LogP contribution is -2.48. The molecule has 0 radical (unpaired) electrons. The highest BCUT2D eigenvalue weighted by molar-refractivity contribution is 7.89. The molecule has 16 heavy (non-hydrogen) atoms. The van der Waals surface area contributed by atoms with Gasteiger partial charge in [0.1, 0.15) is 0 Å². The topological polar surface area (TPSA) is 66.8 Å². The van der Waals surface area contributed by atoms with E-state index in [9.17, 15) is 8.42 Å². The molecule has 0 unspecified atom stereocenters. The van der Waals surface area contributed by atoms with Crippen molar-refractivity contribution in [3.63, 3.8) is 0 Å². The Morgan fingerprint density at radius 3 is 2.31 bits per heavy atom. The Hall–Kier alpha value is -0.170. The SMILES string of the molecule is C[C@@H]1CN(S(=O)(=O)CCCCO)C[C@H](C)O1. The number of hydrogen-bond donors (Lipinski definition) is 1. The van der Waals surface area contributed by atoms with Crippen LogP contribution in [0, 0.1) is 0 Å². The van der Waals surface area contributed by atoms with E-state index in [-0.39, 0.29) is 24.6 Å². The van der Waals surface area contributed by atoms with Gasteiger partial charge in [0.05, 0.1) is 18.0 Å². The molecule has 1 fully saturated rings. The van der Waals surface area contributed by atoms with Gasteiger partial charge in [-0.25, -0.2) is 8.42 Å². The van der Waals surface area contributed by atoms with Gasteiger partial charge in [0, 0.05) is 19.7 Å². The van der Waals surface area contributed by atoms with E-state index in [1.54, 1.807) is 0 Å². The molecule has 96 valence electrons. The molecule has 0 bridgehead atoms. The van der Waals surface area contributed by atoms with Crippen molar-refractivity contribution in [3.8, 4) is 0 Å². The van der Waals surface area contributed by atoms with Crippen LogP contribution in [0.3, 0.4) is 0 Å². The van der Waals surface area contributed by atoms with Gasteiger partial charge in [-0.1, -0.05) is 0 Å². The van der Waals surface area contributed by atoms with Crippen LogP contribution >= 0.6 is 0 Å². The molecule has 1 saturated heterocycles. The predicted molar refractivity (Wildman–Crippen MR) is 61.7 cm³/mol. The lowest BCUT2D eigenvalue weighted by atomic mass is 10.3. The van der Waals surface area contributed by atoms with E-state index in [0.717, 1.165) is 0 Å². The molecule has 0 aromatic carbocycles. The van der Waals surface area contributed by atoms with Crippen LogP contribution in [0.25, 0.3) is 0 Å². The summed E-state index contributed by atoms with van der Waals surface area (Å²) in [6, 6.07) is 0. The maximum Gasteiger partial charge on any atom is 0.214 e. The van der Waals surface area contributed by atoms with Gasteiger partial charge in [-0.3, -0.25) is 0 Å². The molecule has 2 atom stereocenters. The second-order valence-corrected chi connectivity index (χ2v) is 6.41. The normalized spacial score (nSPS) is 28.2. The minimum atomic E-state index is -3.18. The number of aliphatic hydroxyl groups excluding tert-OH is 1. The minimum Gasteiger partial charge on any atom is -0.396 e. The Balaban J connectivity index is 2.53. The highest BCUT2D eigenvalue weighted by atomic mass is 32.2. The van der Waals surface area contributed by atoms with Crippen molar-refractivity contribution in [1.82, 2.24) is 4.31 Å². The summed E-state index contributed by atoms with van der Waals surface area (Å²) in [6.07, 6.45) is 0.959. The maximum atomic E-state index is 11.9. The van der Waals surface area contributed by atoms with E-state index in [2.05, 4.69) is 0 Å². The zero-order chi connectivity index (χ0) is 12.2. The number of morpholine rings is 1. The third kappa shape index (κ3) is 4.01. The highest BCUT2D eigenvalue weighted by Crippen LogP contribution is 2.15. The molecule has 6 heteroatoms. The summed E-state index contributed by atoms with van der Waals surface area (Å²) < 4.78 is 30.9. The third-order valence-electron chi connectivity index (χ3n) is 2.59. The second kappa shape index (κ2) is 5.95. The maximum absolute atomic E-state index is 11.9. The van der Waals surface area contributed by atoms with Gasteiger partial charge in [-0.2, -0.15) is 4.31 Å². The second-order valence-electron chi connectivity index (χ2n) is 4.32. The number of hydrogen-bond acceptors (Lipinski definition) is 4. The molecule has 5 nitrogen and oxygen atoms in total. The molecule has 1 rings (SSSR count). The van der Waals surface area contributed by atoms with Crippen LogP contribution in [0.2, 0.25) is 0 Å². The summed E-state index contributed by atoms with van der Waals surface area (Å²) in [6.45, 7) is 4.68. The Kier molecular flexibility index (Phi) is 5.17.